The number of rotatable bonds is 8. The van der Waals surface area contributed by atoms with Crippen molar-refractivity contribution in [2.75, 3.05) is 30.4 Å². The molecule has 9 heteroatoms. The van der Waals surface area contributed by atoms with Crippen molar-refractivity contribution in [2.24, 2.45) is 0 Å². The van der Waals surface area contributed by atoms with Gasteiger partial charge >= 0.3 is 0 Å². The lowest BCUT2D eigenvalue weighted by Crippen LogP contribution is -2.27. The van der Waals surface area contributed by atoms with E-state index in [9.17, 15) is 18.5 Å². The van der Waals surface area contributed by atoms with Crippen molar-refractivity contribution in [3.63, 3.8) is 0 Å². The molecule has 112 valence electrons. The van der Waals surface area contributed by atoms with Crippen molar-refractivity contribution in [1.82, 2.24) is 4.72 Å². The summed E-state index contributed by atoms with van der Waals surface area (Å²) in [4.78, 5) is 10.1. The summed E-state index contributed by atoms with van der Waals surface area (Å²) in [6.45, 7) is 2.61. The van der Waals surface area contributed by atoms with E-state index in [0.29, 0.717) is 18.0 Å². The molecule has 0 aliphatic rings. The maximum atomic E-state index is 12.2. The van der Waals surface area contributed by atoms with Crippen LogP contribution in [-0.4, -0.2) is 38.4 Å². The minimum atomic E-state index is -3.77. The van der Waals surface area contributed by atoms with Crippen molar-refractivity contribution >= 4 is 33.2 Å². The molecule has 0 spiro atoms. The number of hydrogen-bond acceptors (Lipinski definition) is 6. The summed E-state index contributed by atoms with van der Waals surface area (Å²) in [5, 5.41) is 13.7. The van der Waals surface area contributed by atoms with Crippen LogP contribution in [0.3, 0.4) is 0 Å². The number of nitrogens with zero attached hydrogens (tertiary/aromatic N) is 1. The van der Waals surface area contributed by atoms with Gasteiger partial charge < -0.3 is 5.32 Å². The number of sulfonamides is 1. The predicted molar refractivity (Wildman–Crippen MR) is 80.8 cm³/mol. The molecule has 7 nitrogen and oxygen atoms in total. The van der Waals surface area contributed by atoms with Crippen LogP contribution >= 0.6 is 11.8 Å². The van der Waals surface area contributed by atoms with Crippen LogP contribution in [0.1, 0.15) is 6.92 Å². The first-order valence-electron chi connectivity index (χ1n) is 5.93. The van der Waals surface area contributed by atoms with Crippen LogP contribution < -0.4 is 10.0 Å². The molecule has 0 saturated heterocycles. The van der Waals surface area contributed by atoms with Gasteiger partial charge in [0.1, 0.15) is 4.90 Å². The predicted octanol–water partition coefficient (Wildman–Crippen LogP) is 1.67. The Morgan fingerprint density at radius 3 is 2.65 bits per heavy atom. The molecule has 0 atom stereocenters. The lowest BCUT2D eigenvalue weighted by Gasteiger charge is -2.12. The summed E-state index contributed by atoms with van der Waals surface area (Å²) in [5.41, 5.74) is 0.103. The fraction of sp³-hybridized carbons (Fsp3) is 0.455. The highest BCUT2D eigenvalue weighted by molar-refractivity contribution is 7.98. The van der Waals surface area contributed by atoms with Crippen LogP contribution in [0.5, 0.6) is 0 Å². The fourth-order valence-corrected chi connectivity index (χ4v) is 3.21. The molecule has 2 N–H and O–H groups in total. The highest BCUT2D eigenvalue weighted by Crippen LogP contribution is 2.26. The summed E-state index contributed by atoms with van der Waals surface area (Å²) in [6, 6.07) is 3.75. The molecule has 0 radical (unpaired) electrons. The molecule has 0 aromatic heterocycles. The largest absolute Gasteiger partial charge is 0.384 e. The zero-order valence-corrected chi connectivity index (χ0v) is 12.9. The number of nitrogens with one attached hydrogen (secondary N) is 2. The molecule has 0 heterocycles. The number of nitro benzene ring substituents is 1. The summed E-state index contributed by atoms with van der Waals surface area (Å²) in [5.74, 6) is 0.630. The second-order valence-corrected chi connectivity index (χ2v) is 6.58. The minimum Gasteiger partial charge on any atom is -0.384 e. The molecule has 0 aliphatic heterocycles. The highest BCUT2D eigenvalue weighted by atomic mass is 32.2. The molecule has 0 bridgehead atoms. The Kier molecular flexibility index (Phi) is 6.24. The maximum Gasteiger partial charge on any atom is 0.270 e. The van der Waals surface area contributed by atoms with Crippen molar-refractivity contribution < 1.29 is 13.3 Å². The number of non-ortho nitro benzene ring substituents is 1. The molecular weight excluding hydrogens is 302 g/mol. The van der Waals surface area contributed by atoms with E-state index >= 15 is 0 Å². The second-order valence-electron chi connectivity index (χ2n) is 3.86. The molecular formula is C11H17N3O4S2. The number of benzene rings is 1. The van der Waals surface area contributed by atoms with Gasteiger partial charge in [-0.15, -0.1) is 0 Å². The second kappa shape index (κ2) is 7.46. The van der Waals surface area contributed by atoms with Gasteiger partial charge in [-0.1, -0.05) is 0 Å². The quantitative estimate of drug-likeness (QED) is 0.429. The third kappa shape index (κ3) is 4.36. The van der Waals surface area contributed by atoms with E-state index in [-0.39, 0.29) is 17.1 Å². The topological polar surface area (TPSA) is 101 Å². The van der Waals surface area contributed by atoms with Crippen molar-refractivity contribution in [1.29, 1.82) is 0 Å². The molecule has 1 aromatic carbocycles. The Balaban J connectivity index is 3.17. The van der Waals surface area contributed by atoms with E-state index in [1.165, 1.54) is 23.9 Å². The summed E-state index contributed by atoms with van der Waals surface area (Å²) >= 11 is 1.51. The Hall–Kier alpha value is -1.32. The normalized spacial score (nSPS) is 11.3. The zero-order valence-electron chi connectivity index (χ0n) is 11.3. The average molecular weight is 319 g/mol. The van der Waals surface area contributed by atoms with E-state index in [0.717, 1.165) is 6.07 Å². The third-order valence-corrected chi connectivity index (χ3v) is 4.54. The third-order valence-electron chi connectivity index (χ3n) is 2.43. The summed E-state index contributed by atoms with van der Waals surface area (Å²) in [7, 11) is -3.77. The van der Waals surface area contributed by atoms with Gasteiger partial charge in [-0.25, -0.2) is 13.1 Å². The Morgan fingerprint density at radius 1 is 1.40 bits per heavy atom. The van der Waals surface area contributed by atoms with Gasteiger partial charge in [-0.05, 0) is 19.2 Å². The molecule has 0 saturated carbocycles. The first kappa shape index (κ1) is 16.7. The van der Waals surface area contributed by atoms with Crippen molar-refractivity contribution in [3.05, 3.63) is 28.3 Å². The minimum absolute atomic E-state index is 0.102. The van der Waals surface area contributed by atoms with Gasteiger partial charge in [-0.2, -0.15) is 11.8 Å². The van der Waals surface area contributed by atoms with E-state index in [1.54, 1.807) is 0 Å². The van der Waals surface area contributed by atoms with Gasteiger partial charge in [0, 0.05) is 31.0 Å². The lowest BCUT2D eigenvalue weighted by atomic mass is 10.3. The van der Waals surface area contributed by atoms with Gasteiger partial charge in [-0.3, -0.25) is 10.1 Å². The Bertz CT molecular complexity index is 575. The lowest BCUT2D eigenvalue weighted by molar-refractivity contribution is -0.385. The van der Waals surface area contributed by atoms with Gasteiger partial charge in [0.15, 0.2) is 0 Å². The van der Waals surface area contributed by atoms with Crippen LogP contribution in [0.2, 0.25) is 0 Å². The van der Waals surface area contributed by atoms with Crippen molar-refractivity contribution in [3.8, 4) is 0 Å². The van der Waals surface area contributed by atoms with Crippen molar-refractivity contribution in [2.45, 2.75) is 11.8 Å². The SMILES string of the molecule is CCNc1ccc([N+](=O)[O-])cc1S(=O)(=O)NCCSC. The zero-order chi connectivity index (χ0) is 15.2. The molecule has 1 rings (SSSR count). The highest BCUT2D eigenvalue weighted by Gasteiger charge is 2.21. The Morgan fingerprint density at radius 2 is 2.10 bits per heavy atom. The number of hydrogen-bond donors (Lipinski definition) is 2. The Labute approximate surface area is 122 Å². The standard InChI is InChI=1S/C11H17N3O4S2/c1-3-12-10-5-4-9(14(15)16)8-11(10)20(17,18)13-6-7-19-2/h4-5,8,12-13H,3,6-7H2,1-2H3. The smallest absolute Gasteiger partial charge is 0.270 e. The van der Waals surface area contributed by atoms with E-state index in [2.05, 4.69) is 10.0 Å². The van der Waals surface area contributed by atoms with Gasteiger partial charge in [0.2, 0.25) is 10.0 Å². The summed E-state index contributed by atoms with van der Waals surface area (Å²) < 4.78 is 26.8. The first-order valence-corrected chi connectivity index (χ1v) is 8.81. The number of thioether (sulfide) groups is 1. The molecule has 0 fully saturated rings. The molecule has 0 aliphatic carbocycles. The van der Waals surface area contributed by atoms with Crippen LogP contribution in [-0.2, 0) is 10.0 Å². The van der Waals surface area contributed by atoms with Crippen LogP contribution in [0.15, 0.2) is 23.1 Å². The number of nitro groups is 1. The molecule has 0 unspecified atom stereocenters. The first-order chi connectivity index (χ1) is 9.42. The van der Waals surface area contributed by atoms with E-state index < -0.39 is 14.9 Å². The maximum absolute atomic E-state index is 12.2. The number of anilines is 1. The summed E-state index contributed by atoms with van der Waals surface area (Å²) in [6.07, 6.45) is 1.87. The molecule has 0 amide bonds. The van der Waals surface area contributed by atoms with E-state index in [1.807, 2.05) is 13.2 Å². The molecule has 20 heavy (non-hydrogen) atoms. The van der Waals surface area contributed by atoms with Crippen LogP contribution in [0.4, 0.5) is 11.4 Å². The van der Waals surface area contributed by atoms with Gasteiger partial charge in [0.25, 0.3) is 5.69 Å². The van der Waals surface area contributed by atoms with E-state index in [4.69, 9.17) is 0 Å². The molecule has 1 aromatic rings. The van der Waals surface area contributed by atoms with Crippen LogP contribution in [0, 0.1) is 10.1 Å². The fourth-order valence-electron chi connectivity index (χ4n) is 1.54. The van der Waals surface area contributed by atoms with Gasteiger partial charge in [0.05, 0.1) is 10.6 Å². The average Bonchev–Trinajstić information content (AvgIpc) is 2.39. The van der Waals surface area contributed by atoms with Crippen LogP contribution in [0.25, 0.3) is 0 Å². The monoisotopic (exact) mass is 319 g/mol.